The second-order valence-corrected chi connectivity index (χ2v) is 4.16. The number of hydrogen-bond acceptors (Lipinski definition) is 3. The lowest BCUT2D eigenvalue weighted by Gasteiger charge is -2.08. The lowest BCUT2D eigenvalue weighted by Crippen LogP contribution is -2.09. The molecule has 0 heterocycles. The van der Waals surface area contributed by atoms with E-state index in [1.54, 1.807) is 6.92 Å². The van der Waals surface area contributed by atoms with E-state index < -0.39 is 5.92 Å². The molecule has 0 bridgehead atoms. The van der Waals surface area contributed by atoms with Crippen molar-refractivity contribution >= 4 is 21.9 Å². The van der Waals surface area contributed by atoms with Crippen LogP contribution in [0.25, 0.3) is 0 Å². The smallest absolute Gasteiger partial charge is 0.307 e. The number of halogens is 1. The molecular weight excluding hydrogens is 270 g/mol. The van der Waals surface area contributed by atoms with Crippen LogP contribution in [0.15, 0.2) is 28.7 Å². The molecule has 1 aromatic carbocycles. The molecule has 0 fully saturated rings. The van der Waals surface area contributed by atoms with E-state index in [0.29, 0.717) is 6.61 Å². The fourth-order valence-electron chi connectivity index (χ4n) is 1.35. The average Bonchev–Trinajstić information content (AvgIpc) is 2.26. The Kier molecular flexibility index (Phi) is 5.00. The van der Waals surface area contributed by atoms with E-state index in [2.05, 4.69) is 22.0 Å². The van der Waals surface area contributed by atoms with Gasteiger partial charge in [-0.15, -0.1) is 0 Å². The van der Waals surface area contributed by atoms with E-state index in [0.717, 1.165) is 10.0 Å². The van der Waals surface area contributed by atoms with Gasteiger partial charge in [-0.2, -0.15) is 5.26 Å². The van der Waals surface area contributed by atoms with Gasteiger partial charge in [0, 0.05) is 4.47 Å². The summed E-state index contributed by atoms with van der Waals surface area (Å²) in [6, 6.07) is 9.50. The number of hydrogen-bond donors (Lipinski definition) is 0. The van der Waals surface area contributed by atoms with Crippen LogP contribution in [-0.4, -0.2) is 12.6 Å². The fourth-order valence-corrected chi connectivity index (χ4v) is 1.76. The number of carbonyl (C=O) groups excluding carboxylic acids is 1. The third-order valence-electron chi connectivity index (χ3n) is 2.08. The van der Waals surface area contributed by atoms with Crippen molar-refractivity contribution in [2.24, 2.45) is 0 Å². The van der Waals surface area contributed by atoms with Crippen LogP contribution in [0.3, 0.4) is 0 Å². The molecule has 1 rings (SSSR count). The van der Waals surface area contributed by atoms with Gasteiger partial charge in [0.15, 0.2) is 0 Å². The standard InChI is InChI=1S/C12H12BrNO2/c1-2-16-12(15)7-10(8-14)9-4-3-5-11(13)6-9/h3-6,10H,2,7H2,1H3. The first-order valence-corrected chi connectivity index (χ1v) is 5.77. The number of benzene rings is 1. The molecule has 0 N–H and O–H groups in total. The number of rotatable bonds is 4. The zero-order valence-corrected chi connectivity index (χ0v) is 10.5. The van der Waals surface area contributed by atoms with Crippen molar-refractivity contribution in [1.82, 2.24) is 0 Å². The Morgan fingerprint density at radius 1 is 1.62 bits per heavy atom. The van der Waals surface area contributed by atoms with Crippen molar-refractivity contribution in [2.45, 2.75) is 19.3 Å². The van der Waals surface area contributed by atoms with Gasteiger partial charge in [0.2, 0.25) is 0 Å². The molecule has 0 aromatic heterocycles. The monoisotopic (exact) mass is 281 g/mol. The van der Waals surface area contributed by atoms with Gasteiger partial charge in [0.25, 0.3) is 0 Å². The van der Waals surface area contributed by atoms with Crippen molar-refractivity contribution in [3.8, 4) is 6.07 Å². The lowest BCUT2D eigenvalue weighted by molar-refractivity contribution is -0.143. The van der Waals surface area contributed by atoms with E-state index in [9.17, 15) is 4.79 Å². The normalized spacial score (nSPS) is 11.6. The van der Waals surface area contributed by atoms with Crippen LogP contribution in [0.2, 0.25) is 0 Å². The minimum Gasteiger partial charge on any atom is -0.466 e. The topological polar surface area (TPSA) is 50.1 Å². The molecule has 0 aliphatic rings. The predicted octanol–water partition coefficient (Wildman–Crippen LogP) is 3.01. The molecule has 0 spiro atoms. The third-order valence-corrected chi connectivity index (χ3v) is 2.58. The molecule has 0 radical (unpaired) electrons. The summed E-state index contributed by atoms with van der Waals surface area (Å²) in [5.74, 6) is -0.787. The van der Waals surface area contributed by atoms with Crippen LogP contribution < -0.4 is 0 Å². The summed E-state index contributed by atoms with van der Waals surface area (Å²) in [5.41, 5.74) is 0.824. The maximum Gasteiger partial charge on any atom is 0.307 e. The molecule has 1 atom stereocenters. The zero-order valence-electron chi connectivity index (χ0n) is 8.94. The molecule has 0 amide bonds. The van der Waals surface area contributed by atoms with Gasteiger partial charge in [-0.3, -0.25) is 4.79 Å². The number of esters is 1. The summed E-state index contributed by atoms with van der Waals surface area (Å²) in [6.45, 7) is 2.09. The fraction of sp³-hybridized carbons (Fsp3) is 0.333. The first-order chi connectivity index (χ1) is 7.67. The Balaban J connectivity index is 2.76. The van der Waals surface area contributed by atoms with Gasteiger partial charge in [-0.1, -0.05) is 28.1 Å². The minimum atomic E-state index is -0.448. The third kappa shape index (κ3) is 3.67. The molecule has 0 saturated carbocycles. The van der Waals surface area contributed by atoms with Crippen molar-refractivity contribution < 1.29 is 9.53 Å². The molecule has 1 unspecified atom stereocenters. The predicted molar refractivity (Wildman–Crippen MR) is 63.7 cm³/mol. The van der Waals surface area contributed by atoms with Gasteiger partial charge >= 0.3 is 5.97 Å². The van der Waals surface area contributed by atoms with E-state index in [-0.39, 0.29) is 12.4 Å². The van der Waals surface area contributed by atoms with Crippen LogP contribution >= 0.6 is 15.9 Å². The summed E-state index contributed by atoms with van der Waals surface area (Å²) in [5, 5.41) is 9.01. The van der Waals surface area contributed by atoms with E-state index in [4.69, 9.17) is 10.00 Å². The molecule has 3 nitrogen and oxygen atoms in total. The summed E-state index contributed by atoms with van der Waals surface area (Å²) in [4.78, 5) is 11.3. The van der Waals surface area contributed by atoms with E-state index in [1.807, 2.05) is 24.3 Å². The number of ether oxygens (including phenoxy) is 1. The maximum atomic E-state index is 11.3. The molecule has 16 heavy (non-hydrogen) atoms. The van der Waals surface area contributed by atoms with Crippen LogP contribution in [0.4, 0.5) is 0 Å². The Morgan fingerprint density at radius 2 is 2.38 bits per heavy atom. The first-order valence-electron chi connectivity index (χ1n) is 4.98. The van der Waals surface area contributed by atoms with Gasteiger partial charge in [-0.25, -0.2) is 0 Å². The number of nitrogens with zero attached hydrogens (tertiary/aromatic N) is 1. The average molecular weight is 282 g/mol. The highest BCUT2D eigenvalue weighted by Crippen LogP contribution is 2.22. The van der Waals surface area contributed by atoms with Crippen LogP contribution in [0, 0.1) is 11.3 Å². The van der Waals surface area contributed by atoms with E-state index >= 15 is 0 Å². The quantitative estimate of drug-likeness (QED) is 0.797. The molecule has 4 heteroatoms. The van der Waals surface area contributed by atoms with Crippen molar-refractivity contribution in [3.63, 3.8) is 0 Å². The van der Waals surface area contributed by atoms with Crippen molar-refractivity contribution in [2.75, 3.05) is 6.61 Å². The number of carbonyl (C=O) groups is 1. The Hall–Kier alpha value is -1.34. The van der Waals surface area contributed by atoms with Crippen molar-refractivity contribution in [3.05, 3.63) is 34.3 Å². The summed E-state index contributed by atoms with van der Waals surface area (Å²) >= 11 is 3.33. The largest absolute Gasteiger partial charge is 0.466 e. The molecule has 0 aliphatic carbocycles. The van der Waals surface area contributed by atoms with Crippen molar-refractivity contribution in [1.29, 1.82) is 5.26 Å². The van der Waals surface area contributed by atoms with Crippen LogP contribution in [0.1, 0.15) is 24.8 Å². The van der Waals surface area contributed by atoms with Crippen LogP contribution in [-0.2, 0) is 9.53 Å². The summed E-state index contributed by atoms with van der Waals surface area (Å²) < 4.78 is 5.72. The van der Waals surface area contributed by atoms with E-state index in [1.165, 1.54) is 0 Å². The number of nitriles is 1. The van der Waals surface area contributed by atoms with Gasteiger partial charge < -0.3 is 4.74 Å². The Labute approximate surface area is 103 Å². The summed E-state index contributed by atoms with van der Waals surface area (Å²) in [7, 11) is 0. The molecular formula is C12H12BrNO2. The molecule has 0 saturated heterocycles. The highest BCUT2D eigenvalue weighted by molar-refractivity contribution is 9.10. The second kappa shape index (κ2) is 6.29. The first kappa shape index (κ1) is 12.7. The highest BCUT2D eigenvalue weighted by Gasteiger charge is 2.16. The maximum absolute atomic E-state index is 11.3. The Bertz CT molecular complexity index is 412. The summed E-state index contributed by atoms with van der Waals surface area (Å²) in [6.07, 6.45) is 0.0980. The highest BCUT2D eigenvalue weighted by atomic mass is 79.9. The lowest BCUT2D eigenvalue weighted by atomic mass is 9.97. The zero-order chi connectivity index (χ0) is 12.0. The SMILES string of the molecule is CCOC(=O)CC(C#N)c1cccc(Br)c1. The second-order valence-electron chi connectivity index (χ2n) is 3.25. The van der Waals surface area contributed by atoms with Gasteiger partial charge in [0.05, 0.1) is 25.0 Å². The van der Waals surface area contributed by atoms with Gasteiger partial charge in [0.1, 0.15) is 0 Å². The minimum absolute atomic E-state index is 0.0980. The van der Waals surface area contributed by atoms with Gasteiger partial charge in [-0.05, 0) is 24.6 Å². The Morgan fingerprint density at radius 3 is 2.94 bits per heavy atom. The molecule has 84 valence electrons. The molecule has 0 aliphatic heterocycles. The molecule has 1 aromatic rings. The van der Waals surface area contributed by atoms with Crippen LogP contribution in [0.5, 0.6) is 0 Å².